The molecule has 2 rings (SSSR count). The number of carbonyl (C=O) groups is 2. The number of likely N-dealkylation sites (tertiary alicyclic amines) is 1. The van der Waals surface area contributed by atoms with Gasteiger partial charge < -0.3 is 5.32 Å². The molecule has 1 N–H and O–H groups in total. The highest BCUT2D eigenvalue weighted by Crippen LogP contribution is 2.12. The first-order chi connectivity index (χ1) is 8.27. The van der Waals surface area contributed by atoms with Crippen LogP contribution in [0.25, 0.3) is 0 Å². The highest BCUT2D eigenvalue weighted by molar-refractivity contribution is 5.96. The van der Waals surface area contributed by atoms with E-state index in [1.807, 2.05) is 0 Å². The molecule has 0 radical (unpaired) electrons. The van der Waals surface area contributed by atoms with Gasteiger partial charge in [0, 0.05) is 52.1 Å². The van der Waals surface area contributed by atoms with Crippen molar-refractivity contribution >= 4 is 11.8 Å². The summed E-state index contributed by atoms with van der Waals surface area (Å²) in [5.41, 5.74) is 0. The average molecular weight is 239 g/mol. The van der Waals surface area contributed by atoms with E-state index in [-0.39, 0.29) is 11.8 Å². The summed E-state index contributed by atoms with van der Waals surface area (Å²) in [6, 6.07) is 0. The third-order valence-electron chi connectivity index (χ3n) is 3.48. The van der Waals surface area contributed by atoms with E-state index in [9.17, 15) is 9.59 Å². The number of rotatable bonds is 3. The normalized spacial score (nSPS) is 23.9. The van der Waals surface area contributed by atoms with Crippen molar-refractivity contribution in [2.75, 3.05) is 39.3 Å². The number of piperazine rings is 1. The van der Waals surface area contributed by atoms with E-state index in [1.165, 1.54) is 4.90 Å². The minimum absolute atomic E-state index is 0.0163. The quantitative estimate of drug-likeness (QED) is 0.694. The Hall–Kier alpha value is -0.940. The molecule has 2 amide bonds. The van der Waals surface area contributed by atoms with E-state index < -0.39 is 0 Å². The lowest BCUT2D eigenvalue weighted by molar-refractivity contribution is -0.144. The van der Waals surface area contributed by atoms with E-state index in [0.717, 1.165) is 45.6 Å². The lowest BCUT2D eigenvalue weighted by Gasteiger charge is -2.29. The third-order valence-corrected chi connectivity index (χ3v) is 3.48. The maximum absolute atomic E-state index is 11.8. The number of imide groups is 1. The maximum atomic E-state index is 11.8. The first kappa shape index (κ1) is 12.5. The third kappa shape index (κ3) is 3.51. The molecule has 0 aliphatic carbocycles. The van der Waals surface area contributed by atoms with Crippen LogP contribution in [0.4, 0.5) is 0 Å². The van der Waals surface area contributed by atoms with Crippen molar-refractivity contribution < 1.29 is 9.59 Å². The van der Waals surface area contributed by atoms with E-state index in [2.05, 4.69) is 10.2 Å². The maximum Gasteiger partial charge on any atom is 0.229 e. The summed E-state index contributed by atoms with van der Waals surface area (Å²) < 4.78 is 0. The molecular formula is C12H21N3O2. The predicted molar refractivity (Wildman–Crippen MR) is 64.5 cm³/mol. The zero-order valence-electron chi connectivity index (χ0n) is 10.3. The summed E-state index contributed by atoms with van der Waals surface area (Å²) in [6.07, 6.45) is 2.78. The van der Waals surface area contributed by atoms with Crippen LogP contribution in [0.3, 0.4) is 0 Å². The lowest BCUT2D eigenvalue weighted by Crippen LogP contribution is -2.47. The van der Waals surface area contributed by atoms with Gasteiger partial charge in [0.15, 0.2) is 0 Å². The average Bonchev–Trinajstić information content (AvgIpc) is 2.50. The fourth-order valence-corrected chi connectivity index (χ4v) is 2.39. The van der Waals surface area contributed by atoms with Crippen LogP contribution in [-0.4, -0.2) is 60.9 Å². The van der Waals surface area contributed by atoms with Gasteiger partial charge in [-0.1, -0.05) is 0 Å². The van der Waals surface area contributed by atoms with Gasteiger partial charge in [-0.05, 0) is 12.8 Å². The minimum Gasteiger partial charge on any atom is -0.314 e. The van der Waals surface area contributed by atoms with Gasteiger partial charge in [-0.25, -0.2) is 0 Å². The Balaban J connectivity index is 1.82. The highest BCUT2D eigenvalue weighted by Gasteiger charge is 2.24. The molecule has 2 fully saturated rings. The van der Waals surface area contributed by atoms with E-state index >= 15 is 0 Å². The molecule has 96 valence electrons. The van der Waals surface area contributed by atoms with Crippen LogP contribution in [0.1, 0.15) is 25.7 Å². The molecule has 0 atom stereocenters. The van der Waals surface area contributed by atoms with Crippen LogP contribution in [0.15, 0.2) is 0 Å². The molecule has 2 saturated heterocycles. The number of nitrogens with one attached hydrogen (secondary N) is 1. The fraction of sp³-hybridized carbons (Fsp3) is 0.833. The standard InChI is InChI=1S/C12H21N3O2/c16-11-3-1-2-4-12(17)15(11)10-9-14-7-5-13-6-8-14/h13H,1-10H2. The Morgan fingerprint density at radius 1 is 0.941 bits per heavy atom. The molecule has 0 saturated carbocycles. The molecule has 0 aromatic rings. The summed E-state index contributed by atoms with van der Waals surface area (Å²) in [4.78, 5) is 27.3. The molecule has 2 aliphatic heterocycles. The van der Waals surface area contributed by atoms with Crippen molar-refractivity contribution in [3.8, 4) is 0 Å². The SMILES string of the molecule is O=C1CCCCC(=O)N1CCN1CCNCC1. The van der Waals surface area contributed by atoms with Crippen LogP contribution in [0.2, 0.25) is 0 Å². The summed E-state index contributed by atoms with van der Waals surface area (Å²) in [6.45, 7) is 5.41. The highest BCUT2D eigenvalue weighted by atomic mass is 16.2. The van der Waals surface area contributed by atoms with Gasteiger partial charge in [0.05, 0.1) is 0 Å². The van der Waals surface area contributed by atoms with Crippen LogP contribution in [0.5, 0.6) is 0 Å². The van der Waals surface area contributed by atoms with Gasteiger partial charge in [-0.15, -0.1) is 0 Å². The Bertz CT molecular complexity index is 269. The monoisotopic (exact) mass is 239 g/mol. The predicted octanol–water partition coefficient (Wildman–Crippen LogP) is -0.179. The number of nitrogens with zero attached hydrogens (tertiary/aromatic N) is 2. The van der Waals surface area contributed by atoms with Crippen molar-refractivity contribution in [3.05, 3.63) is 0 Å². The zero-order valence-corrected chi connectivity index (χ0v) is 10.3. The smallest absolute Gasteiger partial charge is 0.229 e. The van der Waals surface area contributed by atoms with Crippen molar-refractivity contribution in [1.29, 1.82) is 0 Å². The van der Waals surface area contributed by atoms with Gasteiger partial charge in [-0.3, -0.25) is 19.4 Å². The molecule has 5 nitrogen and oxygen atoms in total. The molecule has 5 heteroatoms. The number of hydrogen-bond acceptors (Lipinski definition) is 4. The molecule has 0 spiro atoms. The largest absolute Gasteiger partial charge is 0.314 e. The van der Waals surface area contributed by atoms with Crippen LogP contribution < -0.4 is 5.32 Å². The second-order valence-corrected chi connectivity index (χ2v) is 4.74. The summed E-state index contributed by atoms with van der Waals surface area (Å²) in [5, 5.41) is 3.29. The van der Waals surface area contributed by atoms with E-state index in [0.29, 0.717) is 19.4 Å². The van der Waals surface area contributed by atoms with Crippen molar-refractivity contribution in [3.63, 3.8) is 0 Å². The van der Waals surface area contributed by atoms with Gasteiger partial charge in [0.1, 0.15) is 0 Å². The van der Waals surface area contributed by atoms with Crippen LogP contribution in [0, 0.1) is 0 Å². The van der Waals surface area contributed by atoms with Crippen molar-refractivity contribution in [1.82, 2.24) is 15.1 Å². The van der Waals surface area contributed by atoms with Crippen molar-refractivity contribution in [2.45, 2.75) is 25.7 Å². The molecule has 2 aliphatic rings. The van der Waals surface area contributed by atoms with Crippen molar-refractivity contribution in [2.24, 2.45) is 0 Å². The summed E-state index contributed by atoms with van der Waals surface area (Å²) >= 11 is 0. The number of amides is 2. The van der Waals surface area contributed by atoms with E-state index in [4.69, 9.17) is 0 Å². The van der Waals surface area contributed by atoms with Gasteiger partial charge in [-0.2, -0.15) is 0 Å². The second-order valence-electron chi connectivity index (χ2n) is 4.74. The van der Waals surface area contributed by atoms with E-state index in [1.54, 1.807) is 0 Å². The molecule has 0 unspecified atom stereocenters. The van der Waals surface area contributed by atoms with Gasteiger partial charge in [0.2, 0.25) is 11.8 Å². The van der Waals surface area contributed by atoms with Crippen LogP contribution in [-0.2, 0) is 9.59 Å². The Morgan fingerprint density at radius 3 is 2.12 bits per heavy atom. The molecule has 0 bridgehead atoms. The second kappa shape index (κ2) is 6.12. The molecule has 0 aromatic carbocycles. The van der Waals surface area contributed by atoms with Gasteiger partial charge >= 0.3 is 0 Å². The first-order valence-corrected chi connectivity index (χ1v) is 6.53. The Kier molecular flexibility index (Phi) is 4.50. The topological polar surface area (TPSA) is 52.7 Å². The number of hydrogen-bond donors (Lipinski definition) is 1. The van der Waals surface area contributed by atoms with Gasteiger partial charge in [0.25, 0.3) is 0 Å². The molecule has 0 aromatic heterocycles. The Labute approximate surface area is 102 Å². The lowest BCUT2D eigenvalue weighted by atomic mass is 10.2. The van der Waals surface area contributed by atoms with Crippen LogP contribution >= 0.6 is 0 Å². The zero-order chi connectivity index (χ0) is 12.1. The fourth-order valence-electron chi connectivity index (χ4n) is 2.39. The Morgan fingerprint density at radius 2 is 1.53 bits per heavy atom. The molecule has 17 heavy (non-hydrogen) atoms. The summed E-state index contributed by atoms with van der Waals surface area (Å²) in [5.74, 6) is 0.0327. The molecular weight excluding hydrogens is 218 g/mol. The minimum atomic E-state index is 0.0163. The summed E-state index contributed by atoms with van der Waals surface area (Å²) in [7, 11) is 0. The first-order valence-electron chi connectivity index (χ1n) is 6.53. The number of carbonyl (C=O) groups excluding carboxylic acids is 2. The molecule has 2 heterocycles.